The Balaban J connectivity index is 2.21. The first-order valence-corrected chi connectivity index (χ1v) is 8.13. The summed E-state index contributed by atoms with van der Waals surface area (Å²) in [5.74, 6) is 0.955. The van der Waals surface area contributed by atoms with Gasteiger partial charge < -0.3 is 10.4 Å². The molecular formula is C17H23NOS. The largest absolute Gasteiger partial charge is 0.392 e. The Kier molecular flexibility index (Phi) is 5.46. The Morgan fingerprint density at radius 3 is 2.50 bits per heavy atom. The number of aliphatic hydroxyl groups is 1. The van der Waals surface area contributed by atoms with Crippen LogP contribution in [0.4, 0.5) is 0 Å². The lowest BCUT2D eigenvalue weighted by Gasteiger charge is -2.21. The number of fused-ring (bicyclic) bond motifs is 1. The van der Waals surface area contributed by atoms with Gasteiger partial charge in [-0.3, -0.25) is 0 Å². The number of nitrogens with one attached hydrogen (secondary N) is 1. The van der Waals surface area contributed by atoms with E-state index in [4.69, 9.17) is 0 Å². The number of thioether (sulfide) groups is 1. The van der Waals surface area contributed by atoms with Crippen molar-refractivity contribution in [3.8, 4) is 0 Å². The quantitative estimate of drug-likeness (QED) is 0.852. The van der Waals surface area contributed by atoms with Crippen molar-refractivity contribution < 1.29 is 5.11 Å². The van der Waals surface area contributed by atoms with E-state index in [1.165, 1.54) is 16.3 Å². The lowest BCUT2D eigenvalue weighted by atomic mass is 10.00. The van der Waals surface area contributed by atoms with E-state index in [1.54, 1.807) is 0 Å². The molecule has 2 aromatic carbocycles. The topological polar surface area (TPSA) is 32.3 Å². The van der Waals surface area contributed by atoms with Crippen LogP contribution in [0.5, 0.6) is 0 Å². The van der Waals surface area contributed by atoms with E-state index in [0.717, 1.165) is 5.75 Å². The van der Waals surface area contributed by atoms with E-state index in [0.29, 0.717) is 6.04 Å². The second-order valence-corrected chi connectivity index (χ2v) is 6.60. The van der Waals surface area contributed by atoms with Crippen LogP contribution in [0.25, 0.3) is 10.8 Å². The average Bonchev–Trinajstić information content (AvgIpc) is 2.47. The van der Waals surface area contributed by atoms with Gasteiger partial charge >= 0.3 is 0 Å². The third-order valence-corrected chi connectivity index (χ3v) is 5.20. The van der Waals surface area contributed by atoms with Gasteiger partial charge in [-0.2, -0.15) is 11.8 Å². The summed E-state index contributed by atoms with van der Waals surface area (Å²) in [5.41, 5.74) is 1.33. The number of aliphatic hydroxyl groups excluding tert-OH is 1. The third kappa shape index (κ3) is 3.54. The molecule has 2 nitrogen and oxygen atoms in total. The summed E-state index contributed by atoms with van der Waals surface area (Å²) in [5, 5.41) is 15.8. The van der Waals surface area contributed by atoms with Crippen molar-refractivity contribution in [3.63, 3.8) is 0 Å². The Bertz CT molecular complexity index is 550. The van der Waals surface area contributed by atoms with Crippen LogP contribution in [0.3, 0.4) is 0 Å². The van der Waals surface area contributed by atoms with Crippen molar-refractivity contribution in [2.24, 2.45) is 0 Å². The van der Waals surface area contributed by atoms with Gasteiger partial charge in [-0.1, -0.05) is 49.4 Å². The van der Waals surface area contributed by atoms with Crippen LogP contribution in [-0.4, -0.2) is 29.3 Å². The first-order chi connectivity index (χ1) is 9.63. The summed E-state index contributed by atoms with van der Waals surface area (Å²) in [6.45, 7) is 3.93. The molecule has 0 aliphatic heterocycles. The molecule has 3 unspecified atom stereocenters. The number of benzene rings is 2. The van der Waals surface area contributed by atoms with Crippen molar-refractivity contribution in [1.29, 1.82) is 0 Å². The van der Waals surface area contributed by atoms with Gasteiger partial charge in [0.15, 0.2) is 0 Å². The standard InChI is InChI=1S/C17H23NOS/c1-12(19)13(2)20-11-17(18-3)16-10-6-8-14-7-4-5-9-15(14)16/h4-10,12-13,17-19H,11H2,1-3H3. The van der Waals surface area contributed by atoms with E-state index in [-0.39, 0.29) is 11.4 Å². The molecule has 0 heterocycles. The van der Waals surface area contributed by atoms with Crippen molar-refractivity contribution >= 4 is 22.5 Å². The molecule has 108 valence electrons. The summed E-state index contributed by atoms with van der Waals surface area (Å²) >= 11 is 1.81. The zero-order valence-electron chi connectivity index (χ0n) is 12.3. The molecule has 0 saturated heterocycles. The minimum atomic E-state index is -0.273. The zero-order valence-corrected chi connectivity index (χ0v) is 13.2. The fraction of sp³-hybridized carbons (Fsp3) is 0.412. The minimum Gasteiger partial charge on any atom is -0.392 e. The first kappa shape index (κ1) is 15.4. The maximum Gasteiger partial charge on any atom is 0.0628 e. The fourth-order valence-electron chi connectivity index (χ4n) is 2.27. The van der Waals surface area contributed by atoms with E-state index in [1.807, 2.05) is 25.7 Å². The SMILES string of the molecule is CNC(CSC(C)C(C)O)c1cccc2ccccc12. The second-order valence-electron chi connectivity index (χ2n) is 5.19. The summed E-state index contributed by atoms with van der Waals surface area (Å²) in [7, 11) is 2.00. The summed E-state index contributed by atoms with van der Waals surface area (Å²) in [4.78, 5) is 0. The predicted molar refractivity (Wildman–Crippen MR) is 89.3 cm³/mol. The Morgan fingerprint density at radius 1 is 1.10 bits per heavy atom. The van der Waals surface area contributed by atoms with Crippen molar-refractivity contribution in [2.75, 3.05) is 12.8 Å². The van der Waals surface area contributed by atoms with Crippen molar-refractivity contribution in [3.05, 3.63) is 48.0 Å². The van der Waals surface area contributed by atoms with Gasteiger partial charge in [-0.25, -0.2) is 0 Å². The Labute approximate surface area is 125 Å². The molecule has 0 saturated carbocycles. The van der Waals surface area contributed by atoms with E-state index >= 15 is 0 Å². The van der Waals surface area contributed by atoms with Crippen LogP contribution in [0.15, 0.2) is 42.5 Å². The monoisotopic (exact) mass is 289 g/mol. The Hall–Kier alpha value is -1.03. The summed E-state index contributed by atoms with van der Waals surface area (Å²) < 4.78 is 0. The lowest BCUT2D eigenvalue weighted by molar-refractivity contribution is 0.196. The van der Waals surface area contributed by atoms with Crippen LogP contribution >= 0.6 is 11.8 Å². The van der Waals surface area contributed by atoms with Crippen LogP contribution in [0, 0.1) is 0 Å². The number of hydrogen-bond donors (Lipinski definition) is 2. The van der Waals surface area contributed by atoms with Crippen LogP contribution in [0.2, 0.25) is 0 Å². The number of rotatable bonds is 6. The van der Waals surface area contributed by atoms with E-state index in [9.17, 15) is 5.11 Å². The maximum absolute atomic E-state index is 9.61. The molecule has 20 heavy (non-hydrogen) atoms. The summed E-state index contributed by atoms with van der Waals surface area (Å²) in [6.07, 6.45) is -0.273. The van der Waals surface area contributed by atoms with Crippen molar-refractivity contribution in [1.82, 2.24) is 5.32 Å². The molecule has 2 rings (SSSR count). The molecule has 2 aromatic rings. The molecule has 0 amide bonds. The highest BCUT2D eigenvalue weighted by molar-refractivity contribution is 7.99. The molecule has 0 aliphatic carbocycles. The maximum atomic E-state index is 9.61. The first-order valence-electron chi connectivity index (χ1n) is 7.08. The highest BCUT2D eigenvalue weighted by atomic mass is 32.2. The van der Waals surface area contributed by atoms with Crippen LogP contribution in [0.1, 0.15) is 25.5 Å². The molecule has 2 N–H and O–H groups in total. The zero-order chi connectivity index (χ0) is 14.5. The van der Waals surface area contributed by atoms with E-state index < -0.39 is 0 Å². The molecule has 0 aliphatic rings. The predicted octanol–water partition coefficient (Wildman–Crippen LogP) is 3.60. The summed E-state index contributed by atoms with van der Waals surface area (Å²) in [6, 6.07) is 15.2. The molecule has 3 atom stereocenters. The van der Waals surface area contributed by atoms with Gasteiger partial charge in [0, 0.05) is 17.0 Å². The molecular weight excluding hydrogens is 266 g/mol. The van der Waals surface area contributed by atoms with Crippen LogP contribution in [-0.2, 0) is 0 Å². The highest BCUT2D eigenvalue weighted by Gasteiger charge is 2.16. The molecule has 3 heteroatoms. The molecule has 0 fully saturated rings. The van der Waals surface area contributed by atoms with Crippen LogP contribution < -0.4 is 5.32 Å². The third-order valence-electron chi connectivity index (χ3n) is 3.75. The lowest BCUT2D eigenvalue weighted by Crippen LogP contribution is -2.23. The highest BCUT2D eigenvalue weighted by Crippen LogP contribution is 2.28. The van der Waals surface area contributed by atoms with Gasteiger partial charge in [0.05, 0.1) is 6.10 Å². The van der Waals surface area contributed by atoms with Gasteiger partial charge in [-0.05, 0) is 30.3 Å². The number of hydrogen-bond acceptors (Lipinski definition) is 3. The van der Waals surface area contributed by atoms with Gasteiger partial charge in [0.25, 0.3) is 0 Å². The molecule has 0 aromatic heterocycles. The van der Waals surface area contributed by atoms with Gasteiger partial charge in [0.1, 0.15) is 0 Å². The molecule has 0 spiro atoms. The fourth-order valence-corrected chi connectivity index (χ4v) is 3.39. The molecule has 0 radical (unpaired) electrons. The average molecular weight is 289 g/mol. The van der Waals surface area contributed by atoms with E-state index in [2.05, 4.69) is 54.7 Å². The Morgan fingerprint density at radius 2 is 1.80 bits per heavy atom. The van der Waals surface area contributed by atoms with Gasteiger partial charge in [-0.15, -0.1) is 0 Å². The van der Waals surface area contributed by atoms with Gasteiger partial charge in [0.2, 0.25) is 0 Å². The minimum absolute atomic E-state index is 0.251. The smallest absolute Gasteiger partial charge is 0.0628 e. The van der Waals surface area contributed by atoms with Crippen molar-refractivity contribution in [2.45, 2.75) is 31.2 Å². The normalized spacial score (nSPS) is 16.0. The second kappa shape index (κ2) is 7.11. The molecule has 0 bridgehead atoms.